The first-order valence-corrected chi connectivity index (χ1v) is 4.29. The Morgan fingerprint density at radius 3 is 2.92 bits per heavy atom. The predicted molar refractivity (Wildman–Crippen MR) is 54.1 cm³/mol. The Morgan fingerprint density at radius 2 is 2.15 bits per heavy atom. The number of benzene rings is 1. The lowest BCUT2D eigenvalue weighted by Crippen LogP contribution is -2.53. The van der Waals surface area contributed by atoms with E-state index in [1.807, 2.05) is 19.1 Å². The summed E-state index contributed by atoms with van der Waals surface area (Å²) >= 11 is 0. The Balaban J connectivity index is 2.48. The number of nitrogens with zero attached hydrogens (tertiary/aromatic N) is 1. The third-order valence-corrected chi connectivity index (χ3v) is 2.18. The second-order valence-electron chi connectivity index (χ2n) is 3.68. The first-order chi connectivity index (χ1) is 6.07. The van der Waals surface area contributed by atoms with E-state index in [1.54, 1.807) is 6.21 Å². The van der Waals surface area contributed by atoms with Gasteiger partial charge in [-0.05, 0) is 18.6 Å². The maximum atomic E-state index is 5.77. The summed E-state index contributed by atoms with van der Waals surface area (Å²) in [6.07, 6.45) is 2.28. The van der Waals surface area contributed by atoms with Crippen molar-refractivity contribution in [1.29, 1.82) is 0 Å². The highest BCUT2D eigenvalue weighted by atomic mass is 15.0. The fraction of sp³-hybridized carbons (Fsp3) is 0.300. The molecule has 0 aliphatic carbocycles. The van der Waals surface area contributed by atoms with Crippen LogP contribution in [-0.2, 0) is 6.42 Å². The molecule has 0 saturated heterocycles. The van der Waals surface area contributed by atoms with Crippen molar-refractivity contribution in [1.82, 2.24) is 0 Å². The molecule has 1 aliphatic rings. The summed E-state index contributed by atoms with van der Waals surface area (Å²) in [7, 11) is 0. The van der Waals surface area contributed by atoms with Gasteiger partial charge in [0.25, 0.3) is 0 Å². The number of hydrogen-bond acceptors (Lipinski definition) is 3. The molecule has 0 spiro atoms. The molecule has 13 heavy (non-hydrogen) atoms. The lowest BCUT2D eigenvalue weighted by molar-refractivity contribution is 0.594. The molecule has 1 aliphatic heterocycles. The van der Waals surface area contributed by atoms with Crippen molar-refractivity contribution >= 4 is 11.9 Å². The number of nitrogens with two attached hydrogens (primary N) is 2. The first kappa shape index (κ1) is 8.41. The standard InChI is InChI=1S/C10H13N3/c1-7-2-3-9-8(4-7)5-10(11,12)6-13-9/h2-4,6H,5,11-12H2,1H3. The first-order valence-electron chi connectivity index (χ1n) is 4.29. The van der Waals surface area contributed by atoms with Crippen LogP contribution in [0.4, 0.5) is 5.69 Å². The molecule has 2 rings (SSSR count). The molecule has 0 bridgehead atoms. The molecule has 0 aromatic heterocycles. The summed E-state index contributed by atoms with van der Waals surface area (Å²) in [6, 6.07) is 6.12. The summed E-state index contributed by atoms with van der Waals surface area (Å²) in [4.78, 5) is 4.21. The van der Waals surface area contributed by atoms with Gasteiger partial charge in [0, 0.05) is 12.6 Å². The summed E-state index contributed by atoms with van der Waals surface area (Å²) in [6.45, 7) is 2.05. The Labute approximate surface area is 77.5 Å². The van der Waals surface area contributed by atoms with E-state index >= 15 is 0 Å². The van der Waals surface area contributed by atoms with E-state index in [4.69, 9.17) is 11.5 Å². The lowest BCUT2D eigenvalue weighted by atomic mass is 9.96. The smallest absolute Gasteiger partial charge is 0.104 e. The van der Waals surface area contributed by atoms with Gasteiger partial charge >= 0.3 is 0 Å². The maximum absolute atomic E-state index is 5.77. The minimum atomic E-state index is -0.777. The average molecular weight is 175 g/mol. The SMILES string of the molecule is Cc1ccc2c(c1)CC(N)(N)C=N2. The van der Waals surface area contributed by atoms with Crippen molar-refractivity contribution in [3.63, 3.8) is 0 Å². The largest absolute Gasteiger partial charge is 0.309 e. The molecule has 1 heterocycles. The molecule has 1 aromatic rings. The van der Waals surface area contributed by atoms with E-state index in [-0.39, 0.29) is 0 Å². The second kappa shape index (κ2) is 2.65. The topological polar surface area (TPSA) is 64.4 Å². The molecule has 0 unspecified atom stereocenters. The van der Waals surface area contributed by atoms with Crippen LogP contribution in [0.1, 0.15) is 11.1 Å². The monoisotopic (exact) mass is 175 g/mol. The minimum Gasteiger partial charge on any atom is -0.309 e. The molecule has 0 fully saturated rings. The lowest BCUT2D eigenvalue weighted by Gasteiger charge is -2.24. The molecular formula is C10H13N3. The van der Waals surface area contributed by atoms with Gasteiger partial charge in [0.05, 0.1) is 5.69 Å². The van der Waals surface area contributed by atoms with Crippen molar-refractivity contribution in [3.05, 3.63) is 29.3 Å². The Hall–Kier alpha value is -1.19. The quantitative estimate of drug-likeness (QED) is 0.574. The van der Waals surface area contributed by atoms with Gasteiger partial charge in [-0.25, -0.2) is 0 Å². The van der Waals surface area contributed by atoms with Gasteiger partial charge in [-0.1, -0.05) is 17.7 Å². The normalized spacial score (nSPS) is 18.4. The van der Waals surface area contributed by atoms with E-state index in [0.717, 1.165) is 11.3 Å². The van der Waals surface area contributed by atoms with Crippen LogP contribution >= 0.6 is 0 Å². The molecule has 3 heteroatoms. The minimum absolute atomic E-state index is 0.660. The van der Waals surface area contributed by atoms with E-state index in [9.17, 15) is 0 Å². The molecule has 4 N–H and O–H groups in total. The molecule has 0 amide bonds. The number of aliphatic imine (C=N–C) groups is 1. The van der Waals surface area contributed by atoms with Gasteiger partial charge in [-0.2, -0.15) is 0 Å². The van der Waals surface area contributed by atoms with Crippen LogP contribution in [0.3, 0.4) is 0 Å². The number of hydrogen-bond donors (Lipinski definition) is 2. The summed E-state index contributed by atoms with van der Waals surface area (Å²) in [5, 5.41) is 0. The Kier molecular flexibility index (Phi) is 1.71. The third kappa shape index (κ3) is 1.61. The molecule has 0 atom stereocenters. The van der Waals surface area contributed by atoms with Gasteiger partial charge < -0.3 is 11.5 Å². The second-order valence-corrected chi connectivity index (χ2v) is 3.68. The van der Waals surface area contributed by atoms with Gasteiger partial charge in [0.2, 0.25) is 0 Å². The molecule has 3 nitrogen and oxygen atoms in total. The van der Waals surface area contributed by atoms with Crippen molar-refractivity contribution in [2.75, 3.05) is 0 Å². The molecule has 0 saturated carbocycles. The number of rotatable bonds is 0. The third-order valence-electron chi connectivity index (χ3n) is 2.18. The van der Waals surface area contributed by atoms with Crippen LogP contribution in [0, 0.1) is 6.92 Å². The zero-order valence-electron chi connectivity index (χ0n) is 7.62. The van der Waals surface area contributed by atoms with Gasteiger partial charge in [-0.3, -0.25) is 4.99 Å². The number of fused-ring (bicyclic) bond motifs is 1. The van der Waals surface area contributed by atoms with Crippen molar-refractivity contribution in [2.24, 2.45) is 16.5 Å². The Bertz CT molecular complexity index is 366. The van der Waals surface area contributed by atoms with Gasteiger partial charge in [0.1, 0.15) is 5.66 Å². The van der Waals surface area contributed by atoms with Crippen LogP contribution in [0.15, 0.2) is 23.2 Å². The van der Waals surface area contributed by atoms with E-state index in [2.05, 4.69) is 11.1 Å². The average Bonchev–Trinajstić information content (AvgIpc) is 2.01. The zero-order chi connectivity index (χ0) is 9.47. The molecular weight excluding hydrogens is 162 g/mol. The highest BCUT2D eigenvalue weighted by Gasteiger charge is 2.22. The van der Waals surface area contributed by atoms with Gasteiger partial charge in [0.15, 0.2) is 0 Å². The van der Waals surface area contributed by atoms with Crippen LogP contribution in [0.25, 0.3) is 0 Å². The Morgan fingerprint density at radius 1 is 1.38 bits per heavy atom. The predicted octanol–water partition coefficient (Wildman–Crippen LogP) is 0.867. The van der Waals surface area contributed by atoms with Crippen LogP contribution in [0.5, 0.6) is 0 Å². The van der Waals surface area contributed by atoms with Crippen LogP contribution < -0.4 is 11.5 Å². The summed E-state index contributed by atoms with van der Waals surface area (Å²) in [5.74, 6) is 0. The molecule has 68 valence electrons. The van der Waals surface area contributed by atoms with Crippen molar-refractivity contribution in [3.8, 4) is 0 Å². The fourth-order valence-electron chi connectivity index (χ4n) is 1.55. The maximum Gasteiger partial charge on any atom is 0.104 e. The van der Waals surface area contributed by atoms with Gasteiger partial charge in [-0.15, -0.1) is 0 Å². The summed E-state index contributed by atoms with van der Waals surface area (Å²) in [5.41, 5.74) is 14.1. The number of aryl methyl sites for hydroxylation is 1. The molecule has 1 aromatic carbocycles. The van der Waals surface area contributed by atoms with Crippen LogP contribution in [0.2, 0.25) is 0 Å². The van der Waals surface area contributed by atoms with Crippen molar-refractivity contribution < 1.29 is 0 Å². The van der Waals surface area contributed by atoms with Crippen LogP contribution in [-0.4, -0.2) is 11.9 Å². The highest BCUT2D eigenvalue weighted by Crippen LogP contribution is 2.25. The van der Waals surface area contributed by atoms with E-state index in [1.165, 1.54) is 5.56 Å². The van der Waals surface area contributed by atoms with E-state index in [0.29, 0.717) is 6.42 Å². The van der Waals surface area contributed by atoms with Crippen molar-refractivity contribution in [2.45, 2.75) is 19.0 Å². The van der Waals surface area contributed by atoms with E-state index < -0.39 is 5.66 Å². The zero-order valence-corrected chi connectivity index (χ0v) is 7.62. The highest BCUT2D eigenvalue weighted by molar-refractivity contribution is 5.77. The molecule has 0 radical (unpaired) electrons. The summed E-state index contributed by atoms with van der Waals surface area (Å²) < 4.78 is 0. The fourth-order valence-corrected chi connectivity index (χ4v) is 1.55.